The molecule has 0 aliphatic heterocycles. The van der Waals surface area contributed by atoms with Crippen molar-refractivity contribution >= 4 is 5.78 Å². The maximum absolute atomic E-state index is 11.4. The molecule has 3 nitrogen and oxygen atoms in total. The Balaban J connectivity index is 2.26. The molecule has 15 heavy (non-hydrogen) atoms. The molecule has 1 aliphatic carbocycles. The standard InChI is InChI=1S/C12H21NO2/c1-13(15-2)10-12(14)9-8-11-6-4-3-5-7-11/h8-9,11H,3-7,10H2,1-2H3/b9-8+. The van der Waals surface area contributed by atoms with Crippen LogP contribution >= 0.6 is 0 Å². The van der Waals surface area contributed by atoms with Gasteiger partial charge in [0.05, 0.1) is 13.7 Å². The molecule has 0 heterocycles. The number of ketones is 1. The van der Waals surface area contributed by atoms with E-state index in [1.165, 1.54) is 37.2 Å². The fraction of sp³-hybridized carbons (Fsp3) is 0.750. The molecule has 0 unspecified atom stereocenters. The molecule has 0 aromatic heterocycles. The zero-order valence-electron chi connectivity index (χ0n) is 9.74. The summed E-state index contributed by atoms with van der Waals surface area (Å²) < 4.78 is 0. The van der Waals surface area contributed by atoms with E-state index >= 15 is 0 Å². The molecule has 0 amide bonds. The maximum Gasteiger partial charge on any atom is 0.171 e. The van der Waals surface area contributed by atoms with Gasteiger partial charge in [-0.1, -0.05) is 25.3 Å². The van der Waals surface area contributed by atoms with Gasteiger partial charge < -0.3 is 4.84 Å². The van der Waals surface area contributed by atoms with E-state index in [4.69, 9.17) is 4.84 Å². The molecule has 0 aromatic rings. The largest absolute Gasteiger partial charge is 0.302 e. The van der Waals surface area contributed by atoms with Gasteiger partial charge in [-0.2, -0.15) is 5.06 Å². The number of carbonyl (C=O) groups is 1. The number of hydrogen-bond donors (Lipinski definition) is 0. The monoisotopic (exact) mass is 211 g/mol. The summed E-state index contributed by atoms with van der Waals surface area (Å²) in [7, 11) is 3.32. The van der Waals surface area contributed by atoms with Crippen LogP contribution in [0.15, 0.2) is 12.2 Å². The molecular weight excluding hydrogens is 190 g/mol. The Morgan fingerprint density at radius 2 is 2.07 bits per heavy atom. The summed E-state index contributed by atoms with van der Waals surface area (Å²) in [5.41, 5.74) is 0. The minimum absolute atomic E-state index is 0.116. The van der Waals surface area contributed by atoms with E-state index in [1.807, 2.05) is 0 Å². The van der Waals surface area contributed by atoms with Crippen LogP contribution in [0, 0.1) is 5.92 Å². The fourth-order valence-electron chi connectivity index (χ4n) is 1.91. The minimum Gasteiger partial charge on any atom is -0.302 e. The van der Waals surface area contributed by atoms with Crippen molar-refractivity contribution < 1.29 is 9.63 Å². The summed E-state index contributed by atoms with van der Waals surface area (Å²) in [6.07, 6.45) is 10.2. The van der Waals surface area contributed by atoms with Gasteiger partial charge in [-0.05, 0) is 24.8 Å². The number of likely N-dealkylation sites (N-methyl/N-ethyl adjacent to an activating group) is 1. The Bertz CT molecular complexity index is 220. The first-order chi connectivity index (χ1) is 7.22. The molecular formula is C12H21NO2. The van der Waals surface area contributed by atoms with Gasteiger partial charge in [-0.25, -0.2) is 0 Å². The predicted octanol–water partition coefficient (Wildman–Crippen LogP) is 2.19. The van der Waals surface area contributed by atoms with Crippen molar-refractivity contribution in [3.63, 3.8) is 0 Å². The highest BCUT2D eigenvalue weighted by Crippen LogP contribution is 2.24. The Hall–Kier alpha value is -0.670. The predicted molar refractivity (Wildman–Crippen MR) is 60.4 cm³/mol. The molecule has 1 saturated carbocycles. The zero-order valence-corrected chi connectivity index (χ0v) is 9.74. The number of allylic oxidation sites excluding steroid dienone is 1. The van der Waals surface area contributed by atoms with Crippen LogP contribution in [-0.4, -0.2) is 31.5 Å². The van der Waals surface area contributed by atoms with E-state index in [9.17, 15) is 4.79 Å². The molecule has 0 saturated heterocycles. The van der Waals surface area contributed by atoms with Crippen molar-refractivity contribution in [3.05, 3.63) is 12.2 Å². The van der Waals surface area contributed by atoms with Crippen molar-refractivity contribution in [2.75, 3.05) is 20.7 Å². The summed E-state index contributed by atoms with van der Waals surface area (Å²) in [5.74, 6) is 0.737. The van der Waals surface area contributed by atoms with Crippen molar-refractivity contribution in [3.8, 4) is 0 Å². The molecule has 1 aliphatic rings. The van der Waals surface area contributed by atoms with E-state index in [1.54, 1.807) is 20.2 Å². The van der Waals surface area contributed by atoms with Gasteiger partial charge in [0.2, 0.25) is 0 Å². The van der Waals surface area contributed by atoms with E-state index in [0.29, 0.717) is 12.5 Å². The van der Waals surface area contributed by atoms with Crippen LogP contribution in [0.25, 0.3) is 0 Å². The third-order valence-corrected chi connectivity index (χ3v) is 2.89. The lowest BCUT2D eigenvalue weighted by Crippen LogP contribution is -2.23. The highest BCUT2D eigenvalue weighted by molar-refractivity contribution is 5.91. The second-order valence-corrected chi connectivity index (χ2v) is 4.19. The quantitative estimate of drug-likeness (QED) is 0.515. The van der Waals surface area contributed by atoms with Crippen molar-refractivity contribution in [2.24, 2.45) is 5.92 Å². The number of hydroxylamine groups is 2. The van der Waals surface area contributed by atoms with Crippen molar-refractivity contribution in [2.45, 2.75) is 32.1 Å². The van der Waals surface area contributed by atoms with Crippen LogP contribution in [0.2, 0.25) is 0 Å². The average Bonchev–Trinajstić information content (AvgIpc) is 2.27. The fourth-order valence-corrected chi connectivity index (χ4v) is 1.91. The molecule has 0 radical (unpaired) electrons. The zero-order chi connectivity index (χ0) is 11.1. The second kappa shape index (κ2) is 6.75. The van der Waals surface area contributed by atoms with Crippen LogP contribution in [-0.2, 0) is 9.63 Å². The third-order valence-electron chi connectivity index (χ3n) is 2.89. The maximum atomic E-state index is 11.4. The first-order valence-corrected chi connectivity index (χ1v) is 5.68. The lowest BCUT2D eigenvalue weighted by atomic mass is 9.89. The normalized spacial score (nSPS) is 18.9. The van der Waals surface area contributed by atoms with Crippen LogP contribution in [0.1, 0.15) is 32.1 Å². The lowest BCUT2D eigenvalue weighted by molar-refractivity contribution is -0.136. The molecule has 3 heteroatoms. The molecule has 0 atom stereocenters. The minimum atomic E-state index is 0.116. The van der Waals surface area contributed by atoms with E-state index < -0.39 is 0 Å². The average molecular weight is 211 g/mol. The number of hydrogen-bond acceptors (Lipinski definition) is 3. The molecule has 1 rings (SSSR count). The van der Waals surface area contributed by atoms with Crippen molar-refractivity contribution in [1.82, 2.24) is 5.06 Å². The topological polar surface area (TPSA) is 29.5 Å². The van der Waals surface area contributed by atoms with Gasteiger partial charge in [-0.15, -0.1) is 0 Å². The molecule has 86 valence electrons. The van der Waals surface area contributed by atoms with Gasteiger partial charge in [0.15, 0.2) is 5.78 Å². The van der Waals surface area contributed by atoms with Gasteiger partial charge in [0, 0.05) is 7.05 Å². The van der Waals surface area contributed by atoms with Crippen LogP contribution in [0.3, 0.4) is 0 Å². The Morgan fingerprint density at radius 1 is 1.40 bits per heavy atom. The van der Waals surface area contributed by atoms with Gasteiger partial charge in [0.1, 0.15) is 0 Å². The summed E-state index contributed by atoms with van der Waals surface area (Å²) in [6.45, 7) is 0.333. The van der Waals surface area contributed by atoms with Crippen molar-refractivity contribution in [1.29, 1.82) is 0 Å². The summed E-state index contributed by atoms with van der Waals surface area (Å²) in [5, 5.41) is 1.54. The summed E-state index contributed by atoms with van der Waals surface area (Å²) in [6, 6.07) is 0. The second-order valence-electron chi connectivity index (χ2n) is 4.19. The Kier molecular flexibility index (Phi) is 5.58. The van der Waals surface area contributed by atoms with Gasteiger partial charge in [-0.3, -0.25) is 4.79 Å². The first kappa shape index (κ1) is 12.4. The molecule has 0 aromatic carbocycles. The van der Waals surface area contributed by atoms with Gasteiger partial charge >= 0.3 is 0 Å². The van der Waals surface area contributed by atoms with E-state index in [-0.39, 0.29) is 5.78 Å². The Morgan fingerprint density at radius 3 is 2.67 bits per heavy atom. The molecule has 0 spiro atoms. The van der Waals surface area contributed by atoms with Gasteiger partial charge in [0.25, 0.3) is 0 Å². The summed E-state index contributed by atoms with van der Waals surface area (Å²) >= 11 is 0. The van der Waals surface area contributed by atoms with E-state index in [2.05, 4.69) is 6.08 Å². The number of rotatable bonds is 5. The lowest BCUT2D eigenvalue weighted by Gasteiger charge is -2.17. The summed E-state index contributed by atoms with van der Waals surface area (Å²) in [4.78, 5) is 16.3. The molecule has 0 N–H and O–H groups in total. The highest BCUT2D eigenvalue weighted by Gasteiger charge is 2.10. The Labute approximate surface area is 92.0 Å². The SMILES string of the molecule is CON(C)CC(=O)/C=C/C1CCCCC1. The smallest absolute Gasteiger partial charge is 0.171 e. The van der Waals surface area contributed by atoms with Crippen LogP contribution in [0.4, 0.5) is 0 Å². The molecule has 1 fully saturated rings. The number of nitrogens with zero attached hydrogens (tertiary/aromatic N) is 1. The van der Waals surface area contributed by atoms with Crippen LogP contribution in [0.5, 0.6) is 0 Å². The first-order valence-electron chi connectivity index (χ1n) is 5.68. The third kappa shape index (κ3) is 5.09. The van der Waals surface area contributed by atoms with E-state index in [0.717, 1.165) is 0 Å². The highest BCUT2D eigenvalue weighted by atomic mass is 16.7. The van der Waals surface area contributed by atoms with Crippen LogP contribution < -0.4 is 0 Å². The molecule has 0 bridgehead atoms. The number of carbonyl (C=O) groups excluding carboxylic acids is 1.